The topological polar surface area (TPSA) is 57.2 Å². The summed E-state index contributed by atoms with van der Waals surface area (Å²) in [6.07, 6.45) is 43.6. The van der Waals surface area contributed by atoms with Crippen LogP contribution in [0.15, 0.2) is 12.2 Å². The second-order valence-electron chi connectivity index (χ2n) is 11.5. The number of hydrogen-bond donors (Lipinski definition) is 0. The van der Waals surface area contributed by atoms with Gasteiger partial charge in [0.05, 0.1) is 15.9 Å². The minimum atomic E-state index is -4.09. The fourth-order valence-corrected chi connectivity index (χ4v) is 5.61. The standard InChI is InChI=1S/C33H66O3S.Na/c1-2-3-4-5-6-7-8-9-10-11-12-13-14-15-16-17-18-19-20-21-22-23-24-25-26-27-28-29-30-31-32-33-37(34,35)36;/h31-32H,2-30,33H2,1H3,(H,34,35,36);/q;+1/p-1/b32-31+;. The van der Waals surface area contributed by atoms with Gasteiger partial charge in [0, 0.05) is 0 Å². The first-order valence-corrected chi connectivity index (χ1v) is 18.2. The Bertz CT molecular complexity index is 563. The summed E-state index contributed by atoms with van der Waals surface area (Å²) in [5, 5.41) is 0. The van der Waals surface area contributed by atoms with Crippen LogP contribution in [0, 0.1) is 0 Å². The third-order valence-corrected chi connectivity index (χ3v) is 8.29. The van der Waals surface area contributed by atoms with E-state index in [2.05, 4.69) is 6.92 Å². The zero-order valence-electron chi connectivity index (χ0n) is 26.0. The molecule has 0 radical (unpaired) electrons. The van der Waals surface area contributed by atoms with Crippen LogP contribution in [0.2, 0.25) is 0 Å². The molecule has 0 saturated carbocycles. The maximum atomic E-state index is 10.5. The predicted octanol–water partition coefficient (Wildman–Crippen LogP) is 8.42. The molecule has 5 heteroatoms. The molecule has 0 aromatic heterocycles. The van der Waals surface area contributed by atoms with Crippen molar-refractivity contribution in [2.45, 2.75) is 193 Å². The Hall–Kier alpha value is 0.650. The molecule has 0 amide bonds. The Morgan fingerprint density at radius 1 is 0.421 bits per heavy atom. The van der Waals surface area contributed by atoms with E-state index in [0.717, 1.165) is 12.8 Å². The summed E-state index contributed by atoms with van der Waals surface area (Å²) in [4.78, 5) is 0. The number of unbranched alkanes of at least 4 members (excludes halogenated alkanes) is 28. The van der Waals surface area contributed by atoms with Crippen molar-refractivity contribution >= 4 is 10.1 Å². The van der Waals surface area contributed by atoms with E-state index in [-0.39, 0.29) is 35.3 Å². The molecule has 0 aromatic rings. The first-order valence-electron chi connectivity index (χ1n) is 16.6. The zero-order valence-corrected chi connectivity index (χ0v) is 28.8. The summed E-state index contributed by atoms with van der Waals surface area (Å²) >= 11 is 0. The predicted molar refractivity (Wildman–Crippen MR) is 163 cm³/mol. The molecule has 0 aromatic carbocycles. The van der Waals surface area contributed by atoms with Crippen LogP contribution in [0.5, 0.6) is 0 Å². The largest absolute Gasteiger partial charge is 1.00 e. The molecule has 0 heterocycles. The molecule has 0 aliphatic carbocycles. The van der Waals surface area contributed by atoms with Gasteiger partial charge in [0.1, 0.15) is 0 Å². The van der Waals surface area contributed by atoms with Gasteiger partial charge in [-0.1, -0.05) is 192 Å². The van der Waals surface area contributed by atoms with E-state index in [1.807, 2.05) is 6.08 Å². The molecule has 0 fully saturated rings. The summed E-state index contributed by atoms with van der Waals surface area (Å²) in [5.74, 6) is -0.369. The molecule has 222 valence electrons. The van der Waals surface area contributed by atoms with Gasteiger partial charge in [-0.15, -0.1) is 0 Å². The van der Waals surface area contributed by atoms with Crippen LogP contribution < -0.4 is 29.6 Å². The van der Waals surface area contributed by atoms with Gasteiger partial charge in [0.2, 0.25) is 0 Å². The molecule has 0 aliphatic heterocycles. The van der Waals surface area contributed by atoms with Crippen LogP contribution in [-0.2, 0) is 10.1 Å². The smallest absolute Gasteiger partial charge is 0.748 e. The van der Waals surface area contributed by atoms with E-state index < -0.39 is 10.1 Å². The minimum Gasteiger partial charge on any atom is -0.748 e. The molecular formula is C33H65NaO3S. The molecule has 0 saturated heterocycles. The van der Waals surface area contributed by atoms with Crippen molar-refractivity contribution in [3.63, 3.8) is 0 Å². The summed E-state index contributed by atoms with van der Waals surface area (Å²) < 4.78 is 31.5. The molecule has 0 unspecified atom stereocenters. The zero-order chi connectivity index (χ0) is 27.1. The van der Waals surface area contributed by atoms with Crippen LogP contribution >= 0.6 is 0 Å². The van der Waals surface area contributed by atoms with E-state index in [9.17, 15) is 13.0 Å². The molecule has 0 spiro atoms. The van der Waals surface area contributed by atoms with Gasteiger partial charge in [-0.25, -0.2) is 8.42 Å². The van der Waals surface area contributed by atoms with Gasteiger partial charge in [0.25, 0.3) is 0 Å². The summed E-state index contributed by atoms with van der Waals surface area (Å²) in [5.41, 5.74) is 0. The van der Waals surface area contributed by atoms with E-state index >= 15 is 0 Å². The molecular weight excluding hydrogens is 499 g/mol. The van der Waals surface area contributed by atoms with Gasteiger partial charge in [-0.05, 0) is 12.8 Å². The van der Waals surface area contributed by atoms with Crippen molar-refractivity contribution in [1.29, 1.82) is 0 Å². The van der Waals surface area contributed by atoms with E-state index in [1.54, 1.807) is 0 Å². The van der Waals surface area contributed by atoms with Crippen LogP contribution in [0.25, 0.3) is 0 Å². The summed E-state index contributed by atoms with van der Waals surface area (Å²) in [7, 11) is -4.09. The number of rotatable bonds is 31. The SMILES string of the molecule is CCCCCCCCCCCCCCCCCCCCCCCCCCCCCC/C=C/CS(=O)(=O)[O-].[Na+]. The van der Waals surface area contributed by atoms with Gasteiger partial charge in [-0.3, -0.25) is 0 Å². The molecule has 38 heavy (non-hydrogen) atoms. The van der Waals surface area contributed by atoms with Crippen LogP contribution in [0.4, 0.5) is 0 Å². The molecule has 3 nitrogen and oxygen atoms in total. The first kappa shape index (κ1) is 40.8. The van der Waals surface area contributed by atoms with Gasteiger partial charge >= 0.3 is 29.6 Å². The normalized spacial score (nSPS) is 11.8. The van der Waals surface area contributed by atoms with Crippen LogP contribution in [0.3, 0.4) is 0 Å². The van der Waals surface area contributed by atoms with Crippen LogP contribution in [0.1, 0.15) is 193 Å². The Kier molecular flexibility index (Phi) is 36.3. The number of hydrogen-bond acceptors (Lipinski definition) is 3. The van der Waals surface area contributed by atoms with Gasteiger partial charge < -0.3 is 4.55 Å². The Morgan fingerprint density at radius 2 is 0.658 bits per heavy atom. The quantitative estimate of drug-likeness (QED) is 0.0367. The third-order valence-electron chi connectivity index (χ3n) is 7.69. The Balaban J connectivity index is 0. The van der Waals surface area contributed by atoms with Crippen molar-refractivity contribution in [2.24, 2.45) is 0 Å². The van der Waals surface area contributed by atoms with E-state index in [0.29, 0.717) is 0 Å². The molecule has 0 atom stereocenters. The van der Waals surface area contributed by atoms with Crippen molar-refractivity contribution in [3.8, 4) is 0 Å². The van der Waals surface area contributed by atoms with Crippen molar-refractivity contribution < 1.29 is 42.5 Å². The van der Waals surface area contributed by atoms with Crippen molar-refractivity contribution in [2.75, 3.05) is 5.75 Å². The summed E-state index contributed by atoms with van der Waals surface area (Å²) in [6.45, 7) is 2.30. The Morgan fingerprint density at radius 3 is 0.895 bits per heavy atom. The molecule has 0 N–H and O–H groups in total. The summed E-state index contributed by atoms with van der Waals surface area (Å²) in [6, 6.07) is 0. The first-order chi connectivity index (χ1) is 18.1. The molecule has 0 rings (SSSR count). The third kappa shape index (κ3) is 38.8. The maximum absolute atomic E-state index is 10.5. The van der Waals surface area contributed by atoms with Gasteiger partial charge in [-0.2, -0.15) is 0 Å². The molecule has 0 aliphatic rings. The van der Waals surface area contributed by atoms with Crippen LogP contribution in [-0.4, -0.2) is 18.7 Å². The van der Waals surface area contributed by atoms with E-state index in [4.69, 9.17) is 0 Å². The molecule has 0 bridgehead atoms. The number of allylic oxidation sites excluding steroid dienone is 1. The fourth-order valence-electron chi connectivity index (χ4n) is 5.24. The monoisotopic (exact) mass is 564 g/mol. The van der Waals surface area contributed by atoms with Crippen molar-refractivity contribution in [1.82, 2.24) is 0 Å². The minimum absolute atomic E-state index is 0. The van der Waals surface area contributed by atoms with Gasteiger partial charge in [0.15, 0.2) is 0 Å². The maximum Gasteiger partial charge on any atom is 1.00 e. The second-order valence-corrected chi connectivity index (χ2v) is 13.0. The Labute approximate surface area is 262 Å². The average Bonchev–Trinajstić information content (AvgIpc) is 2.86. The second kappa shape index (κ2) is 33.9. The van der Waals surface area contributed by atoms with Crippen molar-refractivity contribution in [3.05, 3.63) is 12.2 Å². The fraction of sp³-hybridized carbons (Fsp3) is 0.939. The van der Waals surface area contributed by atoms with E-state index in [1.165, 1.54) is 179 Å². The average molecular weight is 565 g/mol.